The van der Waals surface area contributed by atoms with E-state index < -0.39 is 0 Å². The topological polar surface area (TPSA) is 48.9 Å². The number of aryl methyl sites for hydroxylation is 1. The van der Waals surface area contributed by atoms with Gasteiger partial charge in [-0.05, 0) is 25.8 Å². The van der Waals surface area contributed by atoms with Gasteiger partial charge in [0.1, 0.15) is 5.82 Å². The number of aliphatic hydroxyl groups excluding tert-OH is 1. The van der Waals surface area contributed by atoms with E-state index >= 15 is 0 Å². The molecule has 0 bridgehead atoms. The van der Waals surface area contributed by atoms with Gasteiger partial charge in [0.2, 0.25) is 0 Å². The summed E-state index contributed by atoms with van der Waals surface area (Å²) in [5, 5.41) is 10.2. The van der Waals surface area contributed by atoms with Crippen LogP contribution >= 0.6 is 11.6 Å². The van der Waals surface area contributed by atoms with E-state index in [2.05, 4.69) is 9.97 Å². The van der Waals surface area contributed by atoms with Crippen LogP contribution in [0.25, 0.3) is 11.3 Å². The molecule has 2 N–H and O–H groups in total. The van der Waals surface area contributed by atoms with Crippen molar-refractivity contribution in [2.75, 3.05) is 6.61 Å². The zero-order valence-corrected chi connectivity index (χ0v) is 11.0. The van der Waals surface area contributed by atoms with Gasteiger partial charge in [-0.2, -0.15) is 0 Å². The number of hydrogen-bond donors (Lipinski definition) is 2. The molecular weight excluding hydrogens is 248 g/mol. The number of aliphatic hydroxyl groups is 1. The van der Waals surface area contributed by atoms with E-state index in [4.69, 9.17) is 11.6 Å². The number of hydrogen-bond acceptors (Lipinski definition) is 2. The fraction of sp³-hybridized carbons (Fsp3) is 0.357. The summed E-state index contributed by atoms with van der Waals surface area (Å²) in [6.07, 6.45) is 2.00. The van der Waals surface area contributed by atoms with E-state index in [9.17, 15) is 5.11 Å². The second kappa shape index (κ2) is 4.11. The minimum atomic E-state index is -0.135. The van der Waals surface area contributed by atoms with Gasteiger partial charge in [0.15, 0.2) is 0 Å². The molecule has 1 fully saturated rings. The van der Waals surface area contributed by atoms with Crippen molar-refractivity contribution in [2.24, 2.45) is 0 Å². The minimum absolute atomic E-state index is 0.135. The van der Waals surface area contributed by atoms with E-state index in [1.54, 1.807) is 0 Å². The number of H-pyrrole nitrogens is 1. The lowest BCUT2D eigenvalue weighted by atomic mass is 10.1. The van der Waals surface area contributed by atoms with Gasteiger partial charge in [0.05, 0.1) is 22.7 Å². The molecule has 3 rings (SSSR count). The summed E-state index contributed by atoms with van der Waals surface area (Å²) < 4.78 is 0. The Bertz CT molecular complexity index is 587. The molecule has 0 atom stereocenters. The molecule has 1 saturated carbocycles. The molecule has 2 aromatic rings. The average Bonchev–Trinajstić information content (AvgIpc) is 3.08. The maximum absolute atomic E-state index is 9.45. The van der Waals surface area contributed by atoms with Gasteiger partial charge in [-0.1, -0.05) is 29.8 Å². The molecule has 0 unspecified atom stereocenters. The van der Waals surface area contributed by atoms with Crippen molar-refractivity contribution >= 4 is 11.6 Å². The fourth-order valence-corrected chi connectivity index (χ4v) is 2.47. The molecule has 1 aromatic carbocycles. The monoisotopic (exact) mass is 262 g/mol. The largest absolute Gasteiger partial charge is 0.395 e. The molecule has 1 aromatic heterocycles. The van der Waals surface area contributed by atoms with Crippen molar-refractivity contribution in [3.63, 3.8) is 0 Å². The highest BCUT2D eigenvalue weighted by Crippen LogP contribution is 2.47. The number of nitrogens with zero attached hydrogens (tertiary/aromatic N) is 1. The second-order valence-corrected chi connectivity index (χ2v) is 5.38. The lowest BCUT2D eigenvalue weighted by Crippen LogP contribution is -2.13. The lowest BCUT2D eigenvalue weighted by molar-refractivity contribution is 0.250. The van der Waals surface area contributed by atoms with Crippen LogP contribution in [0.5, 0.6) is 0 Å². The van der Waals surface area contributed by atoms with E-state index in [-0.39, 0.29) is 12.0 Å². The van der Waals surface area contributed by atoms with Gasteiger partial charge in [-0.15, -0.1) is 0 Å². The Kier molecular flexibility index (Phi) is 2.68. The summed E-state index contributed by atoms with van der Waals surface area (Å²) >= 11 is 6.20. The van der Waals surface area contributed by atoms with Crippen molar-refractivity contribution in [3.8, 4) is 11.3 Å². The molecule has 0 aliphatic heterocycles. The van der Waals surface area contributed by atoms with Crippen molar-refractivity contribution in [2.45, 2.75) is 25.2 Å². The number of nitrogens with one attached hydrogen (secondary N) is 1. The van der Waals surface area contributed by atoms with Crippen LogP contribution in [-0.2, 0) is 5.41 Å². The van der Waals surface area contributed by atoms with Crippen LogP contribution in [0.3, 0.4) is 0 Å². The summed E-state index contributed by atoms with van der Waals surface area (Å²) in [4.78, 5) is 7.94. The van der Waals surface area contributed by atoms with Gasteiger partial charge in [0.25, 0.3) is 0 Å². The highest BCUT2D eigenvalue weighted by Gasteiger charge is 2.46. The van der Waals surface area contributed by atoms with Crippen LogP contribution in [0.15, 0.2) is 24.3 Å². The van der Waals surface area contributed by atoms with Crippen LogP contribution < -0.4 is 0 Å². The van der Waals surface area contributed by atoms with Crippen LogP contribution in [0, 0.1) is 6.92 Å². The summed E-state index contributed by atoms with van der Waals surface area (Å²) in [6.45, 7) is 2.14. The summed E-state index contributed by atoms with van der Waals surface area (Å²) in [6, 6.07) is 7.69. The standard InChI is InChI=1S/C14H15ClN2O/c1-9-12(10-4-2-3-5-11(10)15)17-13(16-9)14(8-18)6-7-14/h2-5,18H,6-8H2,1H3,(H,16,17). The zero-order chi connectivity index (χ0) is 12.8. The molecule has 1 aliphatic carbocycles. The predicted molar refractivity (Wildman–Crippen MR) is 71.8 cm³/mol. The quantitative estimate of drug-likeness (QED) is 0.893. The Morgan fingerprint density at radius 1 is 1.39 bits per heavy atom. The van der Waals surface area contributed by atoms with Crippen molar-refractivity contribution in [1.29, 1.82) is 0 Å². The number of aromatic nitrogens is 2. The van der Waals surface area contributed by atoms with Gasteiger partial charge >= 0.3 is 0 Å². The Morgan fingerprint density at radius 2 is 2.11 bits per heavy atom. The zero-order valence-electron chi connectivity index (χ0n) is 10.2. The first-order valence-corrected chi connectivity index (χ1v) is 6.47. The molecule has 4 heteroatoms. The molecule has 18 heavy (non-hydrogen) atoms. The molecule has 0 amide bonds. The Morgan fingerprint density at radius 3 is 2.72 bits per heavy atom. The third-order valence-corrected chi connectivity index (χ3v) is 4.00. The van der Waals surface area contributed by atoms with Gasteiger partial charge in [-0.3, -0.25) is 0 Å². The van der Waals surface area contributed by atoms with Crippen molar-refractivity contribution in [3.05, 3.63) is 40.8 Å². The fourth-order valence-electron chi connectivity index (χ4n) is 2.25. The van der Waals surface area contributed by atoms with Crippen LogP contribution in [0.4, 0.5) is 0 Å². The number of imidazole rings is 1. The molecule has 94 valence electrons. The molecule has 0 saturated heterocycles. The SMILES string of the molecule is Cc1[nH]c(C2(CO)CC2)nc1-c1ccccc1Cl. The third kappa shape index (κ3) is 1.74. The number of benzene rings is 1. The van der Waals surface area contributed by atoms with E-state index in [0.29, 0.717) is 5.02 Å². The summed E-state index contributed by atoms with van der Waals surface area (Å²) in [5.41, 5.74) is 2.69. The highest BCUT2D eigenvalue weighted by atomic mass is 35.5. The molecule has 0 spiro atoms. The molecule has 1 aliphatic rings. The summed E-state index contributed by atoms with van der Waals surface area (Å²) in [7, 11) is 0. The third-order valence-electron chi connectivity index (χ3n) is 3.67. The van der Waals surface area contributed by atoms with Crippen LogP contribution in [0.2, 0.25) is 5.02 Å². The minimum Gasteiger partial charge on any atom is -0.395 e. The first-order chi connectivity index (χ1) is 8.66. The predicted octanol–water partition coefficient (Wildman–Crippen LogP) is 3.06. The molecule has 1 heterocycles. The second-order valence-electron chi connectivity index (χ2n) is 4.98. The number of rotatable bonds is 3. The first kappa shape index (κ1) is 11.8. The van der Waals surface area contributed by atoms with Gasteiger partial charge < -0.3 is 10.1 Å². The normalized spacial score (nSPS) is 16.8. The molecule has 3 nitrogen and oxygen atoms in total. The Labute approximate surface area is 111 Å². The highest BCUT2D eigenvalue weighted by molar-refractivity contribution is 6.33. The van der Waals surface area contributed by atoms with Crippen LogP contribution in [-0.4, -0.2) is 21.7 Å². The maximum atomic E-state index is 9.45. The first-order valence-electron chi connectivity index (χ1n) is 6.09. The average molecular weight is 263 g/mol. The van der Waals surface area contributed by atoms with Crippen molar-refractivity contribution < 1.29 is 5.11 Å². The van der Waals surface area contributed by atoms with Gasteiger partial charge in [0, 0.05) is 11.3 Å². The van der Waals surface area contributed by atoms with Gasteiger partial charge in [-0.25, -0.2) is 4.98 Å². The van der Waals surface area contributed by atoms with Crippen LogP contribution in [0.1, 0.15) is 24.4 Å². The Hall–Kier alpha value is -1.32. The van der Waals surface area contributed by atoms with Crippen molar-refractivity contribution in [1.82, 2.24) is 9.97 Å². The number of halogens is 1. The maximum Gasteiger partial charge on any atom is 0.115 e. The molecular formula is C14H15ClN2O. The lowest BCUT2D eigenvalue weighted by Gasteiger charge is -2.06. The smallest absolute Gasteiger partial charge is 0.115 e. The number of aromatic amines is 1. The Balaban J connectivity index is 2.07. The molecule has 0 radical (unpaired) electrons. The summed E-state index contributed by atoms with van der Waals surface area (Å²) in [5.74, 6) is 0.886. The van der Waals surface area contributed by atoms with E-state index in [0.717, 1.165) is 35.6 Å². The van der Waals surface area contributed by atoms with E-state index in [1.165, 1.54) is 0 Å². The van der Waals surface area contributed by atoms with E-state index in [1.807, 2.05) is 31.2 Å².